The summed E-state index contributed by atoms with van der Waals surface area (Å²) >= 11 is 0. The van der Waals surface area contributed by atoms with Crippen LogP contribution in [0.1, 0.15) is 68.5 Å². The van der Waals surface area contributed by atoms with Crippen LogP contribution in [0.3, 0.4) is 0 Å². The molecular formula is C23H32N6O. The summed E-state index contributed by atoms with van der Waals surface area (Å²) < 4.78 is 7.59. The summed E-state index contributed by atoms with van der Waals surface area (Å²) in [6, 6.07) is 7.18. The first-order valence-electron chi connectivity index (χ1n) is 11.4. The molecule has 0 bridgehead atoms. The molecule has 30 heavy (non-hydrogen) atoms. The Bertz CT molecular complexity index is 1010. The van der Waals surface area contributed by atoms with Crippen LogP contribution < -0.4 is 5.32 Å². The number of rotatable bonds is 4. The fourth-order valence-corrected chi connectivity index (χ4v) is 4.99. The Balaban J connectivity index is 1.36. The number of likely N-dealkylation sites (tertiary alicyclic amines) is 1. The van der Waals surface area contributed by atoms with E-state index in [1.165, 1.54) is 18.4 Å². The van der Waals surface area contributed by atoms with E-state index in [2.05, 4.69) is 54.3 Å². The summed E-state index contributed by atoms with van der Waals surface area (Å²) in [6.07, 6.45) is 4.70. The maximum atomic E-state index is 5.74. The van der Waals surface area contributed by atoms with Gasteiger partial charge in [-0.3, -0.25) is 0 Å². The molecule has 0 radical (unpaired) electrons. The topological polar surface area (TPSA) is 72.0 Å². The minimum atomic E-state index is 0.335. The molecule has 4 heterocycles. The number of hydrogen-bond acceptors (Lipinski definition) is 6. The minimum absolute atomic E-state index is 0.335. The molecule has 1 aromatic carbocycles. The van der Waals surface area contributed by atoms with Crippen molar-refractivity contribution in [2.75, 3.05) is 26.2 Å². The molecule has 7 heteroatoms. The number of aryl methyl sites for hydroxylation is 1. The van der Waals surface area contributed by atoms with Crippen LogP contribution in [0.15, 0.2) is 22.7 Å². The van der Waals surface area contributed by atoms with Crippen molar-refractivity contribution in [1.82, 2.24) is 30.1 Å². The SMILES string of the molecule is Cc1ccc2c(C(C)C)nn(-c3noc(C4CCN(C5CCNCC5)CC4)n3)c2c1. The van der Waals surface area contributed by atoms with Crippen molar-refractivity contribution >= 4 is 10.9 Å². The number of piperidine rings is 2. The van der Waals surface area contributed by atoms with E-state index in [-0.39, 0.29) is 0 Å². The van der Waals surface area contributed by atoms with Gasteiger partial charge in [0.15, 0.2) is 0 Å². The van der Waals surface area contributed by atoms with Gasteiger partial charge in [0, 0.05) is 17.3 Å². The van der Waals surface area contributed by atoms with Crippen molar-refractivity contribution in [2.24, 2.45) is 0 Å². The third kappa shape index (κ3) is 3.65. The number of nitrogens with one attached hydrogen (secondary N) is 1. The van der Waals surface area contributed by atoms with Gasteiger partial charge in [0.25, 0.3) is 5.95 Å². The Morgan fingerprint density at radius 1 is 1.10 bits per heavy atom. The van der Waals surface area contributed by atoms with E-state index in [4.69, 9.17) is 14.6 Å². The molecule has 2 aromatic heterocycles. The van der Waals surface area contributed by atoms with Crippen LogP contribution in [0.5, 0.6) is 0 Å². The predicted molar refractivity (Wildman–Crippen MR) is 117 cm³/mol. The molecule has 160 valence electrons. The first-order chi connectivity index (χ1) is 14.6. The average molecular weight is 409 g/mol. The van der Waals surface area contributed by atoms with Crippen LogP contribution in [0, 0.1) is 6.92 Å². The van der Waals surface area contributed by atoms with E-state index in [0.717, 1.165) is 67.6 Å². The van der Waals surface area contributed by atoms with Gasteiger partial charge in [-0.25, -0.2) is 0 Å². The summed E-state index contributed by atoms with van der Waals surface area (Å²) in [4.78, 5) is 7.45. The van der Waals surface area contributed by atoms with Gasteiger partial charge in [-0.2, -0.15) is 14.8 Å². The quantitative estimate of drug-likeness (QED) is 0.708. The molecule has 0 unspecified atom stereocenters. The number of benzene rings is 1. The summed E-state index contributed by atoms with van der Waals surface area (Å²) in [7, 11) is 0. The molecule has 5 rings (SSSR count). The normalized spacial score (nSPS) is 19.9. The highest BCUT2D eigenvalue weighted by Gasteiger charge is 2.30. The lowest BCUT2D eigenvalue weighted by atomic mass is 9.94. The van der Waals surface area contributed by atoms with Gasteiger partial charge < -0.3 is 14.7 Å². The number of hydrogen-bond donors (Lipinski definition) is 1. The maximum Gasteiger partial charge on any atom is 0.291 e. The van der Waals surface area contributed by atoms with Crippen LogP contribution in [0.2, 0.25) is 0 Å². The second-order valence-corrected chi connectivity index (χ2v) is 9.20. The molecule has 0 aliphatic carbocycles. The minimum Gasteiger partial charge on any atom is -0.337 e. The van der Waals surface area contributed by atoms with E-state index in [1.807, 2.05) is 4.68 Å². The molecule has 3 aromatic rings. The lowest BCUT2D eigenvalue weighted by Gasteiger charge is -2.38. The largest absolute Gasteiger partial charge is 0.337 e. The van der Waals surface area contributed by atoms with E-state index in [0.29, 0.717) is 17.8 Å². The highest BCUT2D eigenvalue weighted by atomic mass is 16.5. The molecule has 7 nitrogen and oxygen atoms in total. The van der Waals surface area contributed by atoms with Crippen molar-refractivity contribution in [3.8, 4) is 5.95 Å². The van der Waals surface area contributed by atoms with E-state index in [9.17, 15) is 0 Å². The predicted octanol–water partition coefficient (Wildman–Crippen LogP) is 3.77. The fraction of sp³-hybridized carbons (Fsp3) is 0.609. The van der Waals surface area contributed by atoms with Crippen LogP contribution in [-0.4, -0.2) is 57.0 Å². The zero-order valence-electron chi connectivity index (χ0n) is 18.3. The van der Waals surface area contributed by atoms with Gasteiger partial charge in [0.05, 0.1) is 11.2 Å². The smallest absolute Gasteiger partial charge is 0.291 e. The molecule has 0 amide bonds. The lowest BCUT2D eigenvalue weighted by molar-refractivity contribution is 0.120. The summed E-state index contributed by atoms with van der Waals surface area (Å²) in [5.74, 6) is 1.99. The Hall–Kier alpha value is -2.25. The van der Waals surface area contributed by atoms with Crippen molar-refractivity contribution < 1.29 is 4.52 Å². The highest BCUT2D eigenvalue weighted by Crippen LogP contribution is 2.31. The standard InChI is InChI=1S/C23H32N6O/c1-15(2)21-19-5-4-16(3)14-20(19)29(26-21)23-25-22(30-27-23)17-8-12-28(13-9-17)18-6-10-24-11-7-18/h4-5,14-15,17-18,24H,6-13H2,1-3H3. The monoisotopic (exact) mass is 408 g/mol. The first kappa shape index (κ1) is 19.7. The van der Waals surface area contributed by atoms with Gasteiger partial charge in [-0.05, 0) is 81.5 Å². The number of aromatic nitrogens is 4. The van der Waals surface area contributed by atoms with Gasteiger partial charge in [0.1, 0.15) is 0 Å². The third-order valence-corrected chi connectivity index (χ3v) is 6.74. The van der Waals surface area contributed by atoms with Crippen molar-refractivity contribution in [3.05, 3.63) is 35.3 Å². The van der Waals surface area contributed by atoms with Crippen LogP contribution in [0.25, 0.3) is 16.9 Å². The van der Waals surface area contributed by atoms with Gasteiger partial charge >= 0.3 is 0 Å². The highest BCUT2D eigenvalue weighted by molar-refractivity contribution is 5.84. The second kappa shape index (κ2) is 8.12. The second-order valence-electron chi connectivity index (χ2n) is 9.20. The van der Waals surface area contributed by atoms with Gasteiger partial charge in [-0.1, -0.05) is 26.0 Å². The first-order valence-corrected chi connectivity index (χ1v) is 11.4. The van der Waals surface area contributed by atoms with Gasteiger partial charge in [-0.15, -0.1) is 0 Å². The summed E-state index contributed by atoms with van der Waals surface area (Å²) in [5.41, 5.74) is 3.33. The molecule has 2 saturated heterocycles. The zero-order chi connectivity index (χ0) is 20.7. The molecule has 0 spiro atoms. The number of nitrogens with zero attached hydrogens (tertiary/aromatic N) is 5. The van der Waals surface area contributed by atoms with Crippen LogP contribution in [0.4, 0.5) is 0 Å². The Labute approximate surface area is 177 Å². The van der Waals surface area contributed by atoms with Crippen LogP contribution >= 0.6 is 0 Å². The fourth-order valence-electron chi connectivity index (χ4n) is 4.99. The molecule has 2 aliphatic rings. The van der Waals surface area contributed by atoms with Crippen molar-refractivity contribution in [3.63, 3.8) is 0 Å². The Kier molecular flexibility index (Phi) is 5.33. The Morgan fingerprint density at radius 3 is 2.60 bits per heavy atom. The van der Waals surface area contributed by atoms with Crippen molar-refractivity contribution in [1.29, 1.82) is 0 Å². The number of fused-ring (bicyclic) bond motifs is 1. The third-order valence-electron chi connectivity index (χ3n) is 6.74. The lowest BCUT2D eigenvalue weighted by Crippen LogP contribution is -2.46. The molecule has 0 atom stereocenters. The summed E-state index contributed by atoms with van der Waals surface area (Å²) in [6.45, 7) is 11.0. The van der Waals surface area contributed by atoms with Crippen LogP contribution in [-0.2, 0) is 0 Å². The van der Waals surface area contributed by atoms with E-state index in [1.54, 1.807) is 0 Å². The van der Waals surface area contributed by atoms with E-state index >= 15 is 0 Å². The van der Waals surface area contributed by atoms with Gasteiger partial charge in [0.2, 0.25) is 5.89 Å². The average Bonchev–Trinajstić information content (AvgIpc) is 3.39. The van der Waals surface area contributed by atoms with E-state index < -0.39 is 0 Å². The molecule has 2 aliphatic heterocycles. The van der Waals surface area contributed by atoms with Crippen molar-refractivity contribution in [2.45, 2.75) is 64.3 Å². The molecule has 0 saturated carbocycles. The molecule has 1 N–H and O–H groups in total. The zero-order valence-corrected chi connectivity index (χ0v) is 18.3. The Morgan fingerprint density at radius 2 is 1.87 bits per heavy atom. The summed E-state index contributed by atoms with van der Waals surface area (Å²) in [5, 5.41) is 13.8. The molecular weight excluding hydrogens is 376 g/mol. The maximum absolute atomic E-state index is 5.74. The molecule has 2 fully saturated rings.